The molecule has 0 aromatic heterocycles. The van der Waals surface area contributed by atoms with Crippen molar-refractivity contribution < 1.29 is 23.8 Å². The molecule has 346 valence electrons. The number of amides is 2. The molecule has 9 aliphatic rings. The van der Waals surface area contributed by atoms with E-state index in [-0.39, 0.29) is 23.7 Å². The van der Waals surface area contributed by atoms with Crippen LogP contribution in [0.2, 0.25) is 0 Å². The summed E-state index contributed by atoms with van der Waals surface area (Å²) < 4.78 is 18.4. The lowest BCUT2D eigenvalue weighted by Crippen LogP contribution is -2.56. The molecule has 4 aromatic carbocycles. The van der Waals surface area contributed by atoms with E-state index < -0.39 is 22.3 Å². The van der Waals surface area contributed by atoms with Crippen LogP contribution >= 0.6 is 0 Å². The molecule has 3 fully saturated rings. The standard InChI is InChI=1S/C26H29N3O2.C26H25N3O2.C4H8O/c2*1-29-23(30)26(28-24(29)27)21-16-18(9-8-17-6-7-17)10-11-22(21)31-25(26)14-12-19-4-2-3-5-20(19)13-15-25;1-2-4-5-3-1/h2-5,10-11,16-17H,6-9,12-15H2,1H3,(H2,27,28);2-5,10-11,16-17H,6-7,12-15H2,1H3,(H2,27,28);1-4H2. The van der Waals surface area contributed by atoms with Crippen molar-refractivity contribution in [1.82, 2.24) is 9.80 Å². The molecule has 5 heterocycles. The number of aliphatic imine (C=N–C) groups is 2. The summed E-state index contributed by atoms with van der Waals surface area (Å²) >= 11 is 0. The third kappa shape index (κ3) is 7.38. The van der Waals surface area contributed by atoms with Gasteiger partial charge >= 0.3 is 0 Å². The fraction of sp³-hybridized carbons (Fsp3) is 0.464. The van der Waals surface area contributed by atoms with Crippen molar-refractivity contribution in [3.63, 3.8) is 0 Å². The number of hydrogen-bond donors (Lipinski definition) is 2. The largest absolute Gasteiger partial charge is 0.483 e. The van der Waals surface area contributed by atoms with Gasteiger partial charge in [0.05, 0.1) is 0 Å². The number of benzene rings is 4. The van der Waals surface area contributed by atoms with E-state index in [1.54, 1.807) is 14.1 Å². The lowest BCUT2D eigenvalue weighted by Gasteiger charge is -2.38. The molecule has 13 rings (SSSR count). The molecule has 5 aliphatic heterocycles. The number of aryl methyl sites for hydroxylation is 5. The van der Waals surface area contributed by atoms with E-state index >= 15 is 0 Å². The molecular weight excluding hydrogens is 837 g/mol. The number of ether oxygens (including phenoxy) is 3. The molecule has 2 atom stereocenters. The van der Waals surface area contributed by atoms with E-state index in [2.05, 4.69) is 78.6 Å². The Balaban J connectivity index is 0.000000134. The Morgan fingerprint density at radius 2 is 1.12 bits per heavy atom. The van der Waals surface area contributed by atoms with Crippen molar-refractivity contribution in [1.29, 1.82) is 0 Å². The van der Waals surface area contributed by atoms with Crippen molar-refractivity contribution >= 4 is 23.7 Å². The van der Waals surface area contributed by atoms with Gasteiger partial charge < -0.3 is 25.7 Å². The summed E-state index contributed by atoms with van der Waals surface area (Å²) in [5, 5.41) is 0. The first-order valence-electron chi connectivity index (χ1n) is 24.7. The third-order valence-electron chi connectivity index (χ3n) is 16.0. The number of guanidine groups is 2. The highest BCUT2D eigenvalue weighted by Gasteiger charge is 2.69. The van der Waals surface area contributed by atoms with E-state index in [9.17, 15) is 9.59 Å². The molecule has 2 amide bonds. The van der Waals surface area contributed by atoms with Gasteiger partial charge in [-0.2, -0.15) is 0 Å². The molecule has 67 heavy (non-hydrogen) atoms. The van der Waals surface area contributed by atoms with E-state index in [0.717, 1.165) is 92.3 Å². The number of hydrogen-bond acceptors (Lipinski definition) is 9. The maximum atomic E-state index is 13.8. The molecule has 2 unspecified atom stereocenters. The summed E-state index contributed by atoms with van der Waals surface area (Å²) in [5.74, 6) is 9.87. The molecule has 11 heteroatoms. The van der Waals surface area contributed by atoms with E-state index in [4.69, 9.17) is 35.7 Å². The minimum Gasteiger partial charge on any atom is -0.483 e. The average molecular weight is 899 g/mol. The van der Waals surface area contributed by atoms with Crippen molar-refractivity contribution in [2.45, 2.75) is 125 Å². The lowest BCUT2D eigenvalue weighted by molar-refractivity contribution is -0.138. The van der Waals surface area contributed by atoms with Gasteiger partial charge in [0.2, 0.25) is 11.1 Å². The summed E-state index contributed by atoms with van der Waals surface area (Å²) in [6.45, 7) is 2.00. The predicted molar refractivity (Wildman–Crippen MR) is 259 cm³/mol. The van der Waals surface area contributed by atoms with Crippen LogP contribution < -0.4 is 20.9 Å². The molecule has 4 spiro atoms. The monoisotopic (exact) mass is 898 g/mol. The van der Waals surface area contributed by atoms with Gasteiger partial charge in [-0.25, -0.2) is 9.98 Å². The Labute approximate surface area is 394 Å². The van der Waals surface area contributed by atoms with Gasteiger partial charge in [-0.05, 0) is 154 Å². The molecular formula is C56H62N6O5. The lowest BCUT2D eigenvalue weighted by atomic mass is 9.71. The Morgan fingerprint density at radius 1 is 0.642 bits per heavy atom. The number of nitrogens with zero attached hydrogens (tertiary/aromatic N) is 4. The fourth-order valence-electron chi connectivity index (χ4n) is 11.7. The number of likely N-dealkylation sites (N-methyl/N-ethyl adjacent to an activating group) is 2. The summed E-state index contributed by atoms with van der Waals surface area (Å²) in [4.78, 5) is 40.3. The normalized spacial score (nSPS) is 25.5. The first-order valence-corrected chi connectivity index (χ1v) is 24.7. The minimum absolute atomic E-state index is 0.0611. The van der Waals surface area contributed by atoms with Crippen LogP contribution in [0.3, 0.4) is 0 Å². The van der Waals surface area contributed by atoms with Crippen molar-refractivity contribution in [2.75, 3.05) is 27.3 Å². The van der Waals surface area contributed by atoms with Crippen molar-refractivity contribution in [3.05, 3.63) is 129 Å². The number of carbonyl (C=O) groups is 2. The summed E-state index contributed by atoms with van der Waals surface area (Å²) in [6, 6.07) is 29.4. The number of nitrogens with two attached hydrogens (primary N) is 2. The third-order valence-corrected chi connectivity index (χ3v) is 16.0. The Hall–Kier alpha value is -6.12. The van der Waals surface area contributed by atoms with Crippen LogP contribution in [0.5, 0.6) is 11.5 Å². The van der Waals surface area contributed by atoms with Gasteiger partial charge in [0, 0.05) is 49.9 Å². The molecule has 2 saturated carbocycles. The predicted octanol–water partition coefficient (Wildman–Crippen LogP) is 7.66. The molecule has 1 saturated heterocycles. The Kier molecular flexibility index (Phi) is 11.0. The molecule has 11 nitrogen and oxygen atoms in total. The number of carbonyl (C=O) groups excluding carboxylic acids is 2. The first-order chi connectivity index (χ1) is 32.5. The van der Waals surface area contributed by atoms with Crippen molar-refractivity contribution in [3.8, 4) is 23.3 Å². The Morgan fingerprint density at radius 3 is 1.54 bits per heavy atom. The summed E-state index contributed by atoms with van der Waals surface area (Å²) in [6.07, 6.45) is 16.2. The minimum atomic E-state index is -1.15. The van der Waals surface area contributed by atoms with E-state index in [1.807, 2.05) is 18.2 Å². The van der Waals surface area contributed by atoms with Gasteiger partial charge in [0.1, 0.15) is 22.7 Å². The highest BCUT2D eigenvalue weighted by atomic mass is 16.5. The second-order valence-corrected chi connectivity index (χ2v) is 20.2. The van der Waals surface area contributed by atoms with E-state index in [1.165, 1.54) is 82.6 Å². The molecule has 4 aliphatic carbocycles. The van der Waals surface area contributed by atoms with Gasteiger partial charge in [-0.3, -0.25) is 19.4 Å². The fourth-order valence-corrected chi connectivity index (χ4v) is 11.7. The van der Waals surface area contributed by atoms with Crippen LogP contribution in [-0.4, -0.2) is 72.0 Å². The van der Waals surface area contributed by atoms with Crippen LogP contribution in [0.15, 0.2) is 94.9 Å². The second kappa shape index (κ2) is 16.9. The van der Waals surface area contributed by atoms with Crippen LogP contribution in [0.4, 0.5) is 0 Å². The van der Waals surface area contributed by atoms with Gasteiger partial charge in [-0.1, -0.05) is 79.3 Å². The number of fused-ring (bicyclic) bond motifs is 8. The first kappa shape index (κ1) is 43.5. The maximum Gasteiger partial charge on any atom is 0.266 e. The highest BCUT2D eigenvalue weighted by Crippen LogP contribution is 2.59. The van der Waals surface area contributed by atoms with Crippen molar-refractivity contribution in [2.24, 2.45) is 33.3 Å². The van der Waals surface area contributed by atoms with Gasteiger partial charge in [-0.15, -0.1) is 0 Å². The highest BCUT2D eigenvalue weighted by molar-refractivity contribution is 6.09. The van der Waals surface area contributed by atoms with Crippen LogP contribution in [0, 0.1) is 23.7 Å². The number of rotatable bonds is 3. The summed E-state index contributed by atoms with van der Waals surface area (Å²) in [7, 11) is 3.42. The molecule has 0 radical (unpaired) electrons. The molecule has 4 N–H and O–H groups in total. The SMILES string of the molecule is C1CCOC1.CN1C(=O)C2(N=C1N)c1cc(C#CC3CC3)ccc1OC21CCc2ccccc2CC1.CN1C(=O)C2(N=C1N)c1cc(CCC3CC3)ccc1OC21CCc2ccccc2CC1. The van der Waals surface area contributed by atoms with Gasteiger partial charge in [0.15, 0.2) is 11.9 Å². The van der Waals surface area contributed by atoms with Crippen LogP contribution in [0.1, 0.15) is 115 Å². The molecule has 4 aromatic rings. The topological polar surface area (TPSA) is 145 Å². The zero-order valence-corrected chi connectivity index (χ0v) is 39.0. The van der Waals surface area contributed by atoms with E-state index in [0.29, 0.717) is 18.8 Å². The second-order valence-electron chi connectivity index (χ2n) is 20.2. The van der Waals surface area contributed by atoms with Gasteiger partial charge in [0.25, 0.3) is 11.8 Å². The maximum absolute atomic E-state index is 13.8. The quantitative estimate of drug-likeness (QED) is 0.201. The summed E-state index contributed by atoms with van der Waals surface area (Å²) in [5.41, 5.74) is 17.9. The average Bonchev–Trinajstić information content (AvgIpc) is 4.24. The van der Waals surface area contributed by atoms with Crippen LogP contribution in [-0.2, 0) is 57.5 Å². The Bertz CT molecular complexity index is 2700. The smallest absolute Gasteiger partial charge is 0.266 e. The zero-order valence-electron chi connectivity index (χ0n) is 39.0. The van der Waals surface area contributed by atoms with Crippen LogP contribution in [0.25, 0.3) is 0 Å². The molecule has 0 bridgehead atoms. The zero-order chi connectivity index (χ0) is 46.0.